The number of imidazole rings is 1. The summed E-state index contributed by atoms with van der Waals surface area (Å²) in [4.78, 5) is 28.9. The Bertz CT molecular complexity index is 1480. The molecule has 2 N–H and O–H groups in total. The fraction of sp³-hybridized carbons (Fsp3) is 0.320. The Balaban J connectivity index is 1.55. The highest BCUT2D eigenvalue weighted by atomic mass is 16.5. The molecule has 1 aromatic carbocycles. The number of benzene rings is 1. The molecule has 35 heavy (non-hydrogen) atoms. The highest BCUT2D eigenvalue weighted by Gasteiger charge is 2.25. The van der Waals surface area contributed by atoms with E-state index in [-0.39, 0.29) is 11.9 Å². The molecule has 2 atom stereocenters. The Morgan fingerprint density at radius 2 is 2.00 bits per heavy atom. The van der Waals surface area contributed by atoms with Crippen LogP contribution in [0.4, 0.5) is 11.4 Å². The third-order valence-corrected chi connectivity index (χ3v) is 6.08. The summed E-state index contributed by atoms with van der Waals surface area (Å²) >= 11 is 0. The van der Waals surface area contributed by atoms with E-state index in [1.165, 1.54) is 7.11 Å². The molecule has 10 nitrogen and oxygen atoms in total. The molecule has 1 saturated heterocycles. The van der Waals surface area contributed by atoms with Crippen LogP contribution in [-0.4, -0.2) is 57.5 Å². The molecule has 4 aromatic rings. The lowest BCUT2D eigenvalue weighted by Gasteiger charge is -2.38. The number of carbonyl (C=O) groups excluding carboxylic acids is 1. The summed E-state index contributed by atoms with van der Waals surface area (Å²) in [5.41, 5.74) is 4.07. The first kappa shape index (κ1) is 22.6. The van der Waals surface area contributed by atoms with E-state index in [9.17, 15) is 10.1 Å². The maximum atomic E-state index is 13.4. The van der Waals surface area contributed by atoms with Crippen LogP contribution in [0.15, 0.2) is 36.8 Å². The van der Waals surface area contributed by atoms with E-state index in [0.29, 0.717) is 40.1 Å². The Kier molecular flexibility index (Phi) is 5.70. The van der Waals surface area contributed by atoms with Crippen LogP contribution in [0.1, 0.15) is 35.5 Å². The van der Waals surface area contributed by atoms with Gasteiger partial charge in [0.25, 0.3) is 5.91 Å². The predicted molar refractivity (Wildman–Crippen MR) is 133 cm³/mol. The molecule has 0 aliphatic carbocycles. The van der Waals surface area contributed by atoms with Gasteiger partial charge in [-0.05, 0) is 39.0 Å². The fourth-order valence-corrected chi connectivity index (χ4v) is 4.74. The molecule has 5 rings (SSSR count). The predicted octanol–water partition coefficient (Wildman–Crippen LogP) is 2.91. The number of nitriles is 1. The molecule has 0 radical (unpaired) electrons. The minimum atomic E-state index is -0.343. The zero-order chi connectivity index (χ0) is 24.7. The number of ether oxygens (including phenoxy) is 1. The van der Waals surface area contributed by atoms with Gasteiger partial charge in [-0.3, -0.25) is 4.79 Å². The SMILES string of the molecule is COc1ncc2c(N3C[C@@H](C)N[C@@H](C)C3)ccc(C(=O)Nc3cc(C#N)c4nc(C)cn4c3)c2n1. The normalized spacial score (nSPS) is 18.0. The molecular formula is C25H26N8O2. The van der Waals surface area contributed by atoms with E-state index < -0.39 is 0 Å². The van der Waals surface area contributed by atoms with Crippen molar-refractivity contribution in [2.75, 3.05) is 30.4 Å². The van der Waals surface area contributed by atoms with Crippen LogP contribution in [0.2, 0.25) is 0 Å². The van der Waals surface area contributed by atoms with E-state index in [1.807, 2.05) is 19.2 Å². The van der Waals surface area contributed by atoms with Gasteiger partial charge in [0.2, 0.25) is 0 Å². The van der Waals surface area contributed by atoms with Gasteiger partial charge in [0.05, 0.1) is 35.1 Å². The van der Waals surface area contributed by atoms with Gasteiger partial charge in [-0.15, -0.1) is 0 Å². The number of rotatable bonds is 4. The van der Waals surface area contributed by atoms with Crippen molar-refractivity contribution in [3.8, 4) is 12.1 Å². The zero-order valence-corrected chi connectivity index (χ0v) is 20.0. The van der Waals surface area contributed by atoms with Crippen LogP contribution in [0.5, 0.6) is 6.01 Å². The molecule has 0 spiro atoms. The van der Waals surface area contributed by atoms with Gasteiger partial charge in [-0.2, -0.15) is 10.2 Å². The number of aryl methyl sites for hydroxylation is 1. The molecule has 178 valence electrons. The van der Waals surface area contributed by atoms with Crippen molar-refractivity contribution >= 4 is 33.8 Å². The first-order valence-corrected chi connectivity index (χ1v) is 11.4. The second kappa shape index (κ2) is 8.85. The molecule has 1 amide bonds. The molecule has 0 unspecified atom stereocenters. The van der Waals surface area contributed by atoms with Gasteiger partial charge in [-0.1, -0.05) is 0 Å². The summed E-state index contributed by atoms with van der Waals surface area (Å²) in [6.07, 6.45) is 5.26. The number of nitrogens with zero attached hydrogens (tertiary/aromatic N) is 6. The lowest BCUT2D eigenvalue weighted by Crippen LogP contribution is -2.54. The van der Waals surface area contributed by atoms with E-state index in [0.717, 1.165) is 29.9 Å². The molecule has 0 bridgehead atoms. The van der Waals surface area contributed by atoms with Gasteiger partial charge >= 0.3 is 6.01 Å². The lowest BCUT2D eigenvalue weighted by atomic mass is 10.0. The molecule has 1 aliphatic rings. The largest absolute Gasteiger partial charge is 0.467 e. The smallest absolute Gasteiger partial charge is 0.316 e. The molecular weight excluding hydrogens is 444 g/mol. The van der Waals surface area contributed by atoms with Gasteiger partial charge in [-0.25, -0.2) is 9.97 Å². The highest BCUT2D eigenvalue weighted by Crippen LogP contribution is 2.31. The molecule has 10 heteroatoms. The number of pyridine rings is 1. The summed E-state index contributed by atoms with van der Waals surface area (Å²) in [7, 11) is 1.50. The summed E-state index contributed by atoms with van der Waals surface area (Å²) < 4.78 is 6.99. The number of amides is 1. The van der Waals surface area contributed by atoms with Crippen molar-refractivity contribution in [3.05, 3.63) is 53.6 Å². The van der Waals surface area contributed by atoms with E-state index in [2.05, 4.69) is 50.4 Å². The minimum Gasteiger partial charge on any atom is -0.467 e. The number of hydrogen-bond donors (Lipinski definition) is 2. The third kappa shape index (κ3) is 4.22. The standard InChI is InChI=1S/C25H26N8O2/c1-14-10-32(11-15(2)28-14)21-6-5-19(22-20(21)9-27-25(31-22)35-4)24(34)30-18-7-17(8-26)23-29-16(3)12-33(23)13-18/h5-7,9,12-15,28H,10-11H2,1-4H3,(H,30,34)/t14-,15+. The maximum absolute atomic E-state index is 13.4. The molecule has 1 fully saturated rings. The van der Waals surface area contributed by atoms with E-state index in [1.54, 1.807) is 28.9 Å². The third-order valence-electron chi connectivity index (χ3n) is 6.08. The number of anilines is 2. The Morgan fingerprint density at radius 1 is 1.23 bits per heavy atom. The first-order valence-electron chi connectivity index (χ1n) is 11.4. The topological polar surface area (TPSA) is 120 Å². The van der Waals surface area contributed by atoms with Crippen LogP contribution in [-0.2, 0) is 0 Å². The lowest BCUT2D eigenvalue weighted by molar-refractivity contribution is 0.102. The van der Waals surface area contributed by atoms with Crippen molar-refractivity contribution in [2.24, 2.45) is 0 Å². The highest BCUT2D eigenvalue weighted by molar-refractivity contribution is 6.14. The molecule has 4 heterocycles. The minimum absolute atomic E-state index is 0.188. The summed E-state index contributed by atoms with van der Waals surface area (Å²) in [5, 5.41) is 16.8. The van der Waals surface area contributed by atoms with Crippen molar-refractivity contribution in [2.45, 2.75) is 32.9 Å². The second-order valence-corrected chi connectivity index (χ2v) is 8.95. The Morgan fingerprint density at radius 3 is 2.71 bits per heavy atom. The van der Waals surface area contributed by atoms with E-state index >= 15 is 0 Å². The number of carbonyl (C=O) groups is 1. The van der Waals surface area contributed by atoms with Gasteiger partial charge < -0.3 is 24.7 Å². The summed E-state index contributed by atoms with van der Waals surface area (Å²) in [6.45, 7) is 7.82. The average Bonchev–Trinajstić information content (AvgIpc) is 3.21. The van der Waals surface area contributed by atoms with Crippen LogP contribution in [0.25, 0.3) is 16.6 Å². The van der Waals surface area contributed by atoms with Crippen molar-refractivity contribution < 1.29 is 9.53 Å². The van der Waals surface area contributed by atoms with Crippen LogP contribution < -0.4 is 20.3 Å². The van der Waals surface area contributed by atoms with Crippen molar-refractivity contribution in [3.63, 3.8) is 0 Å². The van der Waals surface area contributed by atoms with E-state index in [4.69, 9.17) is 4.74 Å². The summed E-state index contributed by atoms with van der Waals surface area (Å²) in [6, 6.07) is 8.33. The molecule has 1 aliphatic heterocycles. The van der Waals surface area contributed by atoms with Crippen molar-refractivity contribution in [1.82, 2.24) is 24.7 Å². The Hall–Kier alpha value is -4.23. The number of hydrogen-bond acceptors (Lipinski definition) is 8. The number of piperazine rings is 1. The number of methoxy groups -OCH3 is 1. The second-order valence-electron chi connectivity index (χ2n) is 8.95. The van der Waals surface area contributed by atoms with Gasteiger partial charge in [0, 0.05) is 54.8 Å². The van der Waals surface area contributed by atoms with Crippen molar-refractivity contribution in [1.29, 1.82) is 5.26 Å². The average molecular weight is 471 g/mol. The first-order chi connectivity index (χ1) is 16.9. The summed E-state index contributed by atoms with van der Waals surface area (Å²) in [5.74, 6) is -0.343. The Labute approximate surface area is 202 Å². The molecule has 0 saturated carbocycles. The van der Waals surface area contributed by atoms with Gasteiger partial charge in [0.15, 0.2) is 5.65 Å². The number of fused-ring (bicyclic) bond motifs is 2. The monoisotopic (exact) mass is 470 g/mol. The molecule has 3 aromatic heterocycles. The van der Waals surface area contributed by atoms with Crippen LogP contribution in [0.3, 0.4) is 0 Å². The van der Waals surface area contributed by atoms with Crippen LogP contribution >= 0.6 is 0 Å². The van der Waals surface area contributed by atoms with Gasteiger partial charge in [0.1, 0.15) is 6.07 Å². The zero-order valence-electron chi connectivity index (χ0n) is 20.0. The number of nitrogens with one attached hydrogen (secondary N) is 2. The number of aromatic nitrogens is 4. The fourth-order valence-electron chi connectivity index (χ4n) is 4.74. The quantitative estimate of drug-likeness (QED) is 0.467. The van der Waals surface area contributed by atoms with Crippen LogP contribution in [0, 0.1) is 18.3 Å². The maximum Gasteiger partial charge on any atom is 0.316 e.